The minimum Gasteiger partial charge on any atom is -0.415 e. The molecule has 1 aliphatic heterocycles. The van der Waals surface area contributed by atoms with Gasteiger partial charge in [0, 0.05) is 0 Å². The summed E-state index contributed by atoms with van der Waals surface area (Å²) in [5, 5.41) is 0. The summed E-state index contributed by atoms with van der Waals surface area (Å²) >= 11 is 0. The molecule has 1 unspecified atom stereocenters. The maximum absolute atomic E-state index is 6.82. The highest BCUT2D eigenvalue weighted by Gasteiger charge is 2.50. The molecule has 1 fully saturated rings. The van der Waals surface area contributed by atoms with Crippen LogP contribution in [-0.2, 0) is 18.0 Å². The molecule has 1 aliphatic rings. The summed E-state index contributed by atoms with van der Waals surface area (Å²) in [6.45, 7) is 28.8. The number of nitrogens with one attached hydrogen (secondary N) is 1. The first-order valence-corrected chi connectivity index (χ1v) is 26.5. The molecule has 0 bridgehead atoms. The largest absolute Gasteiger partial charge is 0.415 e. The van der Waals surface area contributed by atoms with Crippen LogP contribution < -0.4 is 5.49 Å². The van der Waals surface area contributed by atoms with Crippen molar-refractivity contribution in [3.8, 4) is 0 Å². The van der Waals surface area contributed by atoms with Crippen molar-refractivity contribution in [3.05, 3.63) is 17.6 Å². The molecule has 2 aromatic heterocycles. The van der Waals surface area contributed by atoms with E-state index in [1.807, 2.05) is 11.5 Å². The molecule has 3 rings (SSSR count). The summed E-state index contributed by atoms with van der Waals surface area (Å²) in [5.41, 5.74) is 2.31. The Morgan fingerprint density at radius 3 is 2.03 bits per heavy atom. The molecule has 4 atom stereocenters. The van der Waals surface area contributed by atoms with Crippen molar-refractivity contribution in [1.29, 1.82) is 0 Å². The Morgan fingerprint density at radius 2 is 1.50 bits per heavy atom. The topological polar surface area (TPSA) is 95.8 Å². The van der Waals surface area contributed by atoms with E-state index in [2.05, 4.69) is 83.5 Å². The second-order valence-electron chi connectivity index (χ2n) is 13.7. The van der Waals surface area contributed by atoms with E-state index in [0.717, 1.165) is 17.0 Å². The lowest BCUT2D eigenvalue weighted by molar-refractivity contribution is -0.0461. The predicted molar refractivity (Wildman–Crippen MR) is 155 cm³/mol. The Balaban J connectivity index is 2.15. The third-order valence-electron chi connectivity index (χ3n) is 5.24. The van der Waals surface area contributed by atoms with Gasteiger partial charge in [0.15, 0.2) is 50.6 Å². The SMILES string of the molecule is Cc1nc2c([nH]1)/c(=N/[Si](C)(C)C)ncn2C1O[C@@H](CO[Si](C)(C)C)[C@H](O[Si](C)(C)C)[C@@H]1O[Si](C)(C)C. The third-order valence-corrected chi connectivity index (χ3v) is 9.11. The van der Waals surface area contributed by atoms with E-state index in [0.29, 0.717) is 12.1 Å². The number of rotatable bonds is 9. The Hall–Kier alpha value is -0.942. The molecule has 0 spiro atoms. The lowest BCUT2D eigenvalue weighted by atomic mass is 10.1. The van der Waals surface area contributed by atoms with E-state index in [1.165, 1.54) is 0 Å². The maximum atomic E-state index is 6.82. The molecule has 204 valence electrons. The zero-order valence-electron chi connectivity index (χ0n) is 24.5. The van der Waals surface area contributed by atoms with Gasteiger partial charge in [-0.3, -0.25) is 4.57 Å². The summed E-state index contributed by atoms with van der Waals surface area (Å²) in [7, 11) is -7.38. The Morgan fingerprint density at radius 1 is 0.917 bits per heavy atom. The fourth-order valence-corrected chi connectivity index (χ4v) is 7.77. The first-order chi connectivity index (χ1) is 16.2. The van der Waals surface area contributed by atoms with Crippen molar-refractivity contribution in [2.75, 3.05) is 6.61 Å². The number of hydrogen-bond acceptors (Lipinski definition) is 7. The first kappa shape index (κ1) is 29.6. The first-order valence-electron chi connectivity index (χ1n) is 12.9. The molecular formula is C23H47N5O4Si4. The quantitative estimate of drug-likeness (QED) is 0.427. The van der Waals surface area contributed by atoms with Gasteiger partial charge in [-0.15, -0.1) is 0 Å². The van der Waals surface area contributed by atoms with Crippen LogP contribution in [0.15, 0.2) is 11.0 Å². The van der Waals surface area contributed by atoms with E-state index in [-0.39, 0.29) is 18.3 Å². The van der Waals surface area contributed by atoms with Crippen LogP contribution in [0.1, 0.15) is 12.1 Å². The van der Waals surface area contributed by atoms with E-state index in [9.17, 15) is 0 Å². The number of fused-ring (bicyclic) bond motifs is 1. The number of aromatic nitrogens is 4. The highest BCUT2D eigenvalue weighted by atomic mass is 28.4. The molecule has 0 aromatic carbocycles. The third kappa shape index (κ3) is 8.03. The minimum atomic E-state index is -1.96. The van der Waals surface area contributed by atoms with E-state index >= 15 is 0 Å². The van der Waals surface area contributed by atoms with Gasteiger partial charge in [-0.25, -0.2) is 9.97 Å². The lowest BCUT2D eigenvalue weighted by Crippen LogP contribution is -2.48. The monoisotopic (exact) mass is 569 g/mol. The summed E-state index contributed by atoms with van der Waals surface area (Å²) in [5.74, 6) is 0.813. The normalized spacial score (nSPS) is 24.8. The zero-order valence-corrected chi connectivity index (χ0v) is 28.5. The van der Waals surface area contributed by atoms with Crippen molar-refractivity contribution in [2.45, 2.75) is 110 Å². The van der Waals surface area contributed by atoms with Crippen LogP contribution in [0, 0.1) is 6.92 Å². The molecule has 9 nitrogen and oxygen atoms in total. The van der Waals surface area contributed by atoms with Gasteiger partial charge >= 0.3 is 0 Å². The van der Waals surface area contributed by atoms with Crippen LogP contribution >= 0.6 is 0 Å². The molecule has 1 saturated heterocycles. The van der Waals surface area contributed by atoms with Crippen LogP contribution in [0.4, 0.5) is 0 Å². The van der Waals surface area contributed by atoms with Gasteiger partial charge in [0.2, 0.25) is 0 Å². The second-order valence-corrected chi connectivity index (χ2v) is 31.7. The Bertz CT molecular complexity index is 1130. The predicted octanol–water partition coefficient (Wildman–Crippen LogP) is 4.99. The molecule has 3 heterocycles. The van der Waals surface area contributed by atoms with E-state index < -0.39 is 39.4 Å². The number of nitrogens with zero attached hydrogens (tertiary/aromatic N) is 4. The molecular weight excluding hydrogens is 523 g/mol. The number of aryl methyl sites for hydroxylation is 1. The smallest absolute Gasteiger partial charge is 0.184 e. The molecule has 13 heteroatoms. The maximum Gasteiger partial charge on any atom is 0.184 e. The Labute approximate surface area is 220 Å². The van der Waals surface area contributed by atoms with Crippen LogP contribution in [0.2, 0.25) is 78.6 Å². The lowest BCUT2D eigenvalue weighted by Gasteiger charge is -2.34. The molecule has 1 N–H and O–H groups in total. The van der Waals surface area contributed by atoms with Crippen molar-refractivity contribution >= 4 is 44.4 Å². The van der Waals surface area contributed by atoms with Crippen LogP contribution in [-0.4, -0.2) is 77.6 Å². The van der Waals surface area contributed by atoms with Crippen molar-refractivity contribution in [2.24, 2.45) is 4.66 Å². The van der Waals surface area contributed by atoms with E-state index in [4.69, 9.17) is 32.6 Å². The Kier molecular flexibility index (Phi) is 8.49. The van der Waals surface area contributed by atoms with Gasteiger partial charge in [0.05, 0.1) is 6.61 Å². The number of H-pyrrole nitrogens is 1. The second kappa shape index (κ2) is 10.3. The summed E-state index contributed by atoms with van der Waals surface area (Å²) in [6.07, 6.45) is 0.583. The number of hydrogen-bond donors (Lipinski definition) is 1. The van der Waals surface area contributed by atoms with Gasteiger partial charge in [-0.2, -0.15) is 0 Å². The van der Waals surface area contributed by atoms with Gasteiger partial charge in [0.25, 0.3) is 0 Å². The minimum absolute atomic E-state index is 0.237. The molecule has 0 aliphatic carbocycles. The number of imidazole rings is 1. The zero-order chi connectivity index (χ0) is 27.3. The van der Waals surface area contributed by atoms with E-state index in [1.54, 1.807) is 6.33 Å². The average Bonchev–Trinajstić information content (AvgIpc) is 3.18. The fourth-order valence-electron chi connectivity index (χ4n) is 4.13. The van der Waals surface area contributed by atoms with Gasteiger partial charge < -0.3 is 27.7 Å². The van der Waals surface area contributed by atoms with Gasteiger partial charge in [-0.1, -0.05) is 0 Å². The van der Waals surface area contributed by atoms with Crippen molar-refractivity contribution in [3.63, 3.8) is 0 Å². The average molecular weight is 570 g/mol. The highest BCUT2D eigenvalue weighted by molar-refractivity contribution is 6.74. The van der Waals surface area contributed by atoms with Gasteiger partial charge in [0.1, 0.15) is 36.0 Å². The highest BCUT2D eigenvalue weighted by Crippen LogP contribution is 2.38. The molecule has 0 radical (unpaired) electrons. The molecule has 0 saturated carbocycles. The number of aromatic amines is 1. The molecule has 2 aromatic rings. The molecule has 36 heavy (non-hydrogen) atoms. The summed E-state index contributed by atoms with van der Waals surface area (Å²) in [4.78, 5) is 13.0. The van der Waals surface area contributed by atoms with Crippen LogP contribution in [0.25, 0.3) is 11.2 Å². The van der Waals surface area contributed by atoms with Gasteiger partial charge in [-0.05, 0) is 85.5 Å². The van der Waals surface area contributed by atoms with Crippen LogP contribution in [0.5, 0.6) is 0 Å². The molecule has 0 amide bonds. The van der Waals surface area contributed by atoms with Crippen molar-refractivity contribution < 1.29 is 18.0 Å². The van der Waals surface area contributed by atoms with Crippen molar-refractivity contribution in [1.82, 2.24) is 19.5 Å². The fraction of sp³-hybridized carbons (Fsp3) is 0.783. The number of ether oxygens (including phenoxy) is 1. The summed E-state index contributed by atoms with van der Waals surface area (Å²) < 4.78 is 33.6. The standard InChI is InChI=1S/C23H47N5O4Si4/c1-16-25-18-21(27-33(2,3)4)24-15-28(22(18)26-16)23-20(32-36(11,12)13)19(31-35(8,9)10)17(30-23)14-29-34(5,6)7/h15,17,19-20,23H,14H2,1-13H3,(H,25,26)/b27-21-/t17-,19-,20-,23?/m0/s1. The summed E-state index contributed by atoms with van der Waals surface area (Å²) in [6, 6.07) is 0. The van der Waals surface area contributed by atoms with Crippen LogP contribution in [0.3, 0.4) is 0 Å².